The van der Waals surface area contributed by atoms with Crippen LogP contribution in [0.2, 0.25) is 0 Å². The lowest BCUT2D eigenvalue weighted by atomic mass is 9.88. The number of carbonyl (C=O) groups excluding carboxylic acids is 1. The molecule has 0 saturated heterocycles. The highest BCUT2D eigenvalue weighted by atomic mass is 16.5. The van der Waals surface area contributed by atoms with Gasteiger partial charge < -0.3 is 10.1 Å². The van der Waals surface area contributed by atoms with Crippen LogP contribution < -0.4 is 5.32 Å². The third kappa shape index (κ3) is 3.86. The van der Waals surface area contributed by atoms with Crippen LogP contribution in [0, 0.1) is 0 Å². The predicted molar refractivity (Wildman–Crippen MR) is 68.7 cm³/mol. The molecule has 0 saturated carbocycles. The van der Waals surface area contributed by atoms with E-state index in [0.717, 1.165) is 18.5 Å². The lowest BCUT2D eigenvalue weighted by molar-refractivity contribution is -0.142. The van der Waals surface area contributed by atoms with E-state index in [9.17, 15) is 4.79 Å². The van der Waals surface area contributed by atoms with Gasteiger partial charge in [0.1, 0.15) is 0 Å². The second kappa shape index (κ2) is 6.40. The molecule has 1 atom stereocenters. The van der Waals surface area contributed by atoms with Crippen molar-refractivity contribution >= 4 is 5.97 Å². The maximum atomic E-state index is 11.5. The van der Waals surface area contributed by atoms with E-state index < -0.39 is 0 Å². The summed E-state index contributed by atoms with van der Waals surface area (Å²) in [7, 11) is 1.42. The van der Waals surface area contributed by atoms with Gasteiger partial charge in [0, 0.05) is 0 Å². The zero-order valence-corrected chi connectivity index (χ0v) is 10.8. The molecule has 1 rings (SSSR count). The number of nitrogens with one attached hydrogen (secondary N) is 1. The van der Waals surface area contributed by atoms with Gasteiger partial charge in [-0.1, -0.05) is 37.3 Å². The van der Waals surface area contributed by atoms with Gasteiger partial charge >= 0.3 is 5.97 Å². The minimum Gasteiger partial charge on any atom is -0.469 e. The van der Waals surface area contributed by atoms with Crippen molar-refractivity contribution in [3.63, 3.8) is 0 Å². The molecule has 0 radical (unpaired) electrons. The molecule has 1 unspecified atom stereocenters. The summed E-state index contributed by atoms with van der Waals surface area (Å²) in [5, 5.41) is 3.43. The van der Waals surface area contributed by atoms with Crippen molar-refractivity contribution in [1.82, 2.24) is 5.32 Å². The molecule has 1 N–H and O–H groups in total. The van der Waals surface area contributed by atoms with Crippen LogP contribution in [0.15, 0.2) is 30.3 Å². The Morgan fingerprint density at radius 1 is 1.35 bits per heavy atom. The van der Waals surface area contributed by atoms with E-state index >= 15 is 0 Å². The molecule has 3 heteroatoms. The number of benzene rings is 1. The SMILES string of the molecule is CCCNC(C)(CC(=O)OC)c1ccccc1. The summed E-state index contributed by atoms with van der Waals surface area (Å²) in [5.41, 5.74) is 0.753. The molecule has 0 aromatic heterocycles. The highest BCUT2D eigenvalue weighted by Crippen LogP contribution is 2.24. The van der Waals surface area contributed by atoms with Gasteiger partial charge in [0.15, 0.2) is 0 Å². The number of rotatable bonds is 6. The van der Waals surface area contributed by atoms with Gasteiger partial charge in [-0.3, -0.25) is 4.79 Å². The zero-order valence-electron chi connectivity index (χ0n) is 10.8. The third-order valence-corrected chi connectivity index (χ3v) is 2.90. The lowest BCUT2D eigenvalue weighted by Gasteiger charge is -2.30. The molecule has 0 aliphatic heterocycles. The second-order valence-electron chi connectivity index (χ2n) is 4.38. The zero-order chi connectivity index (χ0) is 12.7. The van der Waals surface area contributed by atoms with Crippen LogP contribution in [0.5, 0.6) is 0 Å². The Morgan fingerprint density at radius 2 is 2.00 bits per heavy atom. The number of hydrogen-bond acceptors (Lipinski definition) is 3. The number of methoxy groups -OCH3 is 1. The van der Waals surface area contributed by atoms with Crippen LogP contribution >= 0.6 is 0 Å². The Balaban J connectivity index is 2.89. The Labute approximate surface area is 103 Å². The van der Waals surface area contributed by atoms with Crippen molar-refractivity contribution in [2.75, 3.05) is 13.7 Å². The normalized spacial score (nSPS) is 14.1. The fraction of sp³-hybridized carbons (Fsp3) is 0.500. The molecular weight excluding hydrogens is 214 g/mol. The molecule has 17 heavy (non-hydrogen) atoms. The van der Waals surface area contributed by atoms with Crippen molar-refractivity contribution in [3.05, 3.63) is 35.9 Å². The van der Waals surface area contributed by atoms with Crippen molar-refractivity contribution in [1.29, 1.82) is 0 Å². The summed E-state index contributed by atoms with van der Waals surface area (Å²) in [6, 6.07) is 10.0. The van der Waals surface area contributed by atoms with E-state index in [1.807, 2.05) is 37.3 Å². The largest absolute Gasteiger partial charge is 0.469 e. The highest BCUT2D eigenvalue weighted by molar-refractivity contribution is 5.71. The first kappa shape index (κ1) is 13.7. The van der Waals surface area contributed by atoms with Gasteiger partial charge in [-0.25, -0.2) is 0 Å². The first-order valence-electron chi connectivity index (χ1n) is 5.99. The average Bonchev–Trinajstić information content (AvgIpc) is 2.37. The molecular formula is C14H21NO2. The quantitative estimate of drug-likeness (QED) is 0.770. The molecule has 0 spiro atoms. The van der Waals surface area contributed by atoms with E-state index in [1.165, 1.54) is 7.11 Å². The van der Waals surface area contributed by atoms with E-state index in [1.54, 1.807) is 0 Å². The van der Waals surface area contributed by atoms with E-state index in [2.05, 4.69) is 12.2 Å². The molecule has 0 amide bonds. The fourth-order valence-corrected chi connectivity index (χ4v) is 1.83. The minimum absolute atomic E-state index is 0.194. The Kier molecular flexibility index (Phi) is 5.16. The summed E-state index contributed by atoms with van der Waals surface area (Å²) in [5.74, 6) is -0.194. The number of hydrogen-bond donors (Lipinski definition) is 1. The van der Waals surface area contributed by atoms with Crippen molar-refractivity contribution in [3.8, 4) is 0 Å². The summed E-state index contributed by atoms with van der Waals surface area (Å²) in [6.45, 7) is 5.02. The van der Waals surface area contributed by atoms with E-state index in [-0.39, 0.29) is 11.5 Å². The van der Waals surface area contributed by atoms with Gasteiger partial charge in [0.25, 0.3) is 0 Å². The van der Waals surface area contributed by atoms with Gasteiger partial charge in [-0.05, 0) is 25.5 Å². The monoisotopic (exact) mass is 235 g/mol. The number of ether oxygens (including phenoxy) is 1. The predicted octanol–water partition coefficient (Wildman–Crippen LogP) is 2.46. The smallest absolute Gasteiger partial charge is 0.307 e. The Hall–Kier alpha value is -1.35. The minimum atomic E-state index is -0.357. The molecule has 0 aliphatic carbocycles. The molecule has 0 fully saturated rings. The van der Waals surface area contributed by atoms with Crippen molar-refractivity contribution < 1.29 is 9.53 Å². The molecule has 3 nitrogen and oxygen atoms in total. The fourth-order valence-electron chi connectivity index (χ4n) is 1.83. The molecule has 94 valence electrons. The topological polar surface area (TPSA) is 38.3 Å². The van der Waals surface area contributed by atoms with Gasteiger partial charge in [-0.2, -0.15) is 0 Å². The van der Waals surface area contributed by atoms with Crippen LogP contribution in [0.1, 0.15) is 32.3 Å². The van der Waals surface area contributed by atoms with E-state index in [0.29, 0.717) is 6.42 Å². The third-order valence-electron chi connectivity index (χ3n) is 2.90. The summed E-state index contributed by atoms with van der Waals surface area (Å²) < 4.78 is 4.77. The van der Waals surface area contributed by atoms with Crippen molar-refractivity contribution in [2.45, 2.75) is 32.2 Å². The van der Waals surface area contributed by atoms with Gasteiger partial charge in [-0.15, -0.1) is 0 Å². The van der Waals surface area contributed by atoms with Crippen LogP contribution in [-0.4, -0.2) is 19.6 Å². The summed E-state index contributed by atoms with van der Waals surface area (Å²) in [6.07, 6.45) is 1.37. The van der Waals surface area contributed by atoms with Crippen LogP contribution in [0.25, 0.3) is 0 Å². The molecule has 1 aromatic carbocycles. The summed E-state index contributed by atoms with van der Waals surface area (Å²) >= 11 is 0. The summed E-state index contributed by atoms with van der Waals surface area (Å²) in [4.78, 5) is 11.5. The number of carbonyl (C=O) groups is 1. The molecule has 1 aromatic rings. The van der Waals surface area contributed by atoms with Crippen LogP contribution in [-0.2, 0) is 15.1 Å². The Bertz CT molecular complexity index is 350. The molecule has 0 heterocycles. The van der Waals surface area contributed by atoms with E-state index in [4.69, 9.17) is 4.74 Å². The highest BCUT2D eigenvalue weighted by Gasteiger charge is 2.29. The van der Waals surface area contributed by atoms with Gasteiger partial charge in [0.2, 0.25) is 0 Å². The molecule has 0 aliphatic rings. The first-order chi connectivity index (χ1) is 8.12. The molecule has 0 bridgehead atoms. The lowest BCUT2D eigenvalue weighted by Crippen LogP contribution is -2.42. The average molecular weight is 235 g/mol. The maximum absolute atomic E-state index is 11.5. The maximum Gasteiger partial charge on any atom is 0.307 e. The van der Waals surface area contributed by atoms with Gasteiger partial charge in [0.05, 0.1) is 19.1 Å². The van der Waals surface area contributed by atoms with Crippen molar-refractivity contribution in [2.24, 2.45) is 0 Å². The first-order valence-corrected chi connectivity index (χ1v) is 5.99. The van der Waals surface area contributed by atoms with Crippen LogP contribution in [0.4, 0.5) is 0 Å². The standard InChI is InChI=1S/C14H21NO2/c1-4-10-15-14(2,11-13(16)17-3)12-8-6-5-7-9-12/h5-9,15H,4,10-11H2,1-3H3. The van der Waals surface area contributed by atoms with Crippen LogP contribution in [0.3, 0.4) is 0 Å². The Morgan fingerprint density at radius 3 is 2.53 bits per heavy atom. The number of esters is 1. The second-order valence-corrected chi connectivity index (χ2v) is 4.38.